The number of rotatable bonds is 5. The van der Waals surface area contributed by atoms with Gasteiger partial charge < -0.3 is 14.5 Å². The second kappa shape index (κ2) is 7.96. The van der Waals surface area contributed by atoms with E-state index in [1.807, 2.05) is 4.90 Å². The first-order valence-corrected chi connectivity index (χ1v) is 8.26. The van der Waals surface area contributed by atoms with Crippen LogP contribution in [0.1, 0.15) is 36.5 Å². The number of nitro groups is 1. The molecule has 0 aliphatic carbocycles. The standard InChI is InChI=1S/C17H23N3O5/c1-12(16(21)18(2)3)25-17(22)13-7-8-14(15(11-13)20(23)24)19-9-5-4-6-10-19/h7-8,11-12H,4-6,9-10H2,1-3H3/t12-/m1/s1. The van der Waals surface area contributed by atoms with Crippen molar-refractivity contribution in [2.24, 2.45) is 0 Å². The lowest BCUT2D eigenvalue weighted by molar-refractivity contribution is -0.384. The van der Waals surface area contributed by atoms with Gasteiger partial charge in [0.25, 0.3) is 11.6 Å². The molecule has 0 saturated carbocycles. The van der Waals surface area contributed by atoms with E-state index in [4.69, 9.17) is 4.74 Å². The van der Waals surface area contributed by atoms with Crippen molar-refractivity contribution in [3.8, 4) is 0 Å². The van der Waals surface area contributed by atoms with Crippen molar-refractivity contribution in [3.63, 3.8) is 0 Å². The molecule has 0 spiro atoms. The van der Waals surface area contributed by atoms with Gasteiger partial charge in [-0.25, -0.2) is 4.79 Å². The van der Waals surface area contributed by atoms with Gasteiger partial charge in [-0.15, -0.1) is 0 Å². The number of esters is 1. The van der Waals surface area contributed by atoms with Crippen LogP contribution in [-0.4, -0.2) is 55.0 Å². The molecule has 0 unspecified atom stereocenters. The van der Waals surface area contributed by atoms with Crippen molar-refractivity contribution in [1.82, 2.24) is 4.90 Å². The highest BCUT2D eigenvalue weighted by Gasteiger charge is 2.25. The van der Waals surface area contributed by atoms with Crippen LogP contribution in [0.2, 0.25) is 0 Å². The Kier molecular flexibility index (Phi) is 5.95. The maximum absolute atomic E-state index is 12.2. The van der Waals surface area contributed by atoms with Crippen LogP contribution in [0.5, 0.6) is 0 Å². The highest BCUT2D eigenvalue weighted by atomic mass is 16.6. The van der Waals surface area contributed by atoms with Crippen LogP contribution in [0.25, 0.3) is 0 Å². The van der Waals surface area contributed by atoms with Crippen LogP contribution in [0, 0.1) is 10.1 Å². The fourth-order valence-corrected chi connectivity index (χ4v) is 2.84. The van der Waals surface area contributed by atoms with E-state index in [0.717, 1.165) is 32.4 Å². The predicted octanol–water partition coefficient (Wildman–Crippen LogP) is 2.22. The van der Waals surface area contributed by atoms with Crippen molar-refractivity contribution in [2.45, 2.75) is 32.3 Å². The molecule has 0 aromatic heterocycles. The number of anilines is 1. The van der Waals surface area contributed by atoms with E-state index in [0.29, 0.717) is 5.69 Å². The highest BCUT2D eigenvalue weighted by Crippen LogP contribution is 2.31. The SMILES string of the molecule is C[C@@H](OC(=O)c1ccc(N2CCCCC2)c([N+](=O)[O-])c1)C(=O)N(C)C. The number of hydrogen-bond acceptors (Lipinski definition) is 6. The molecule has 1 aliphatic rings. The van der Waals surface area contributed by atoms with E-state index in [1.54, 1.807) is 20.2 Å². The molecular weight excluding hydrogens is 326 g/mol. The third-order valence-electron chi connectivity index (χ3n) is 4.18. The number of hydrogen-bond donors (Lipinski definition) is 0. The van der Waals surface area contributed by atoms with Crippen molar-refractivity contribution < 1.29 is 19.2 Å². The minimum Gasteiger partial charge on any atom is -0.449 e. The summed E-state index contributed by atoms with van der Waals surface area (Å²) in [6.45, 7) is 2.99. The fourth-order valence-electron chi connectivity index (χ4n) is 2.84. The van der Waals surface area contributed by atoms with Gasteiger partial charge in [-0.05, 0) is 38.3 Å². The van der Waals surface area contributed by atoms with Crippen LogP contribution in [-0.2, 0) is 9.53 Å². The molecule has 0 radical (unpaired) electrons. The quantitative estimate of drug-likeness (QED) is 0.460. The predicted molar refractivity (Wildman–Crippen MR) is 92.7 cm³/mol. The van der Waals surface area contributed by atoms with Gasteiger partial charge in [-0.3, -0.25) is 14.9 Å². The molecule has 1 fully saturated rings. The molecule has 25 heavy (non-hydrogen) atoms. The minimum absolute atomic E-state index is 0.0610. The van der Waals surface area contributed by atoms with Gasteiger partial charge in [0.2, 0.25) is 0 Å². The lowest BCUT2D eigenvalue weighted by Gasteiger charge is -2.28. The average Bonchev–Trinajstić information content (AvgIpc) is 2.60. The van der Waals surface area contributed by atoms with E-state index >= 15 is 0 Å². The van der Waals surface area contributed by atoms with Gasteiger partial charge in [0.15, 0.2) is 6.10 Å². The van der Waals surface area contributed by atoms with Crippen LogP contribution < -0.4 is 4.90 Å². The second-order valence-electron chi connectivity index (χ2n) is 6.29. The lowest BCUT2D eigenvalue weighted by atomic mass is 10.1. The zero-order valence-corrected chi connectivity index (χ0v) is 14.7. The monoisotopic (exact) mass is 349 g/mol. The molecule has 136 valence electrons. The maximum atomic E-state index is 12.2. The molecule has 1 amide bonds. The van der Waals surface area contributed by atoms with Gasteiger partial charge in [0, 0.05) is 33.3 Å². The molecule has 1 heterocycles. The van der Waals surface area contributed by atoms with Crippen LogP contribution in [0.3, 0.4) is 0 Å². The van der Waals surface area contributed by atoms with E-state index in [9.17, 15) is 19.7 Å². The molecule has 0 N–H and O–H groups in total. The Morgan fingerprint density at radius 3 is 2.44 bits per heavy atom. The molecule has 1 aliphatic heterocycles. The summed E-state index contributed by atoms with van der Waals surface area (Å²) < 4.78 is 5.11. The molecule has 2 rings (SSSR count). The van der Waals surface area contributed by atoms with E-state index in [-0.39, 0.29) is 17.2 Å². The summed E-state index contributed by atoms with van der Waals surface area (Å²) in [5, 5.41) is 11.4. The first kappa shape index (κ1) is 18.7. The fraction of sp³-hybridized carbons (Fsp3) is 0.529. The Morgan fingerprint density at radius 1 is 1.24 bits per heavy atom. The maximum Gasteiger partial charge on any atom is 0.339 e. The topological polar surface area (TPSA) is 93.0 Å². The van der Waals surface area contributed by atoms with Crippen molar-refractivity contribution in [2.75, 3.05) is 32.1 Å². The lowest BCUT2D eigenvalue weighted by Crippen LogP contribution is -2.35. The average molecular weight is 349 g/mol. The van der Waals surface area contributed by atoms with Gasteiger partial charge >= 0.3 is 5.97 Å². The number of piperidine rings is 1. The van der Waals surface area contributed by atoms with E-state index in [2.05, 4.69) is 0 Å². The number of nitrogens with zero attached hydrogens (tertiary/aromatic N) is 3. The summed E-state index contributed by atoms with van der Waals surface area (Å²) in [5.74, 6) is -1.11. The Labute approximate surface area is 146 Å². The number of benzene rings is 1. The molecule has 8 heteroatoms. The van der Waals surface area contributed by atoms with Crippen LogP contribution in [0.15, 0.2) is 18.2 Å². The van der Waals surface area contributed by atoms with Gasteiger partial charge in [-0.2, -0.15) is 0 Å². The molecule has 1 aromatic rings. The van der Waals surface area contributed by atoms with Gasteiger partial charge in [0.05, 0.1) is 10.5 Å². The number of amides is 1. The van der Waals surface area contributed by atoms with Crippen LogP contribution in [0.4, 0.5) is 11.4 Å². The minimum atomic E-state index is -0.955. The third-order valence-corrected chi connectivity index (χ3v) is 4.18. The number of likely N-dealkylation sites (N-methyl/N-ethyl adjacent to an activating group) is 1. The molecule has 8 nitrogen and oxygen atoms in total. The molecule has 1 atom stereocenters. The van der Waals surface area contributed by atoms with Crippen molar-refractivity contribution in [1.29, 1.82) is 0 Å². The molecule has 1 aromatic carbocycles. The largest absolute Gasteiger partial charge is 0.449 e. The van der Waals surface area contributed by atoms with Gasteiger partial charge in [-0.1, -0.05) is 0 Å². The number of carbonyl (C=O) groups is 2. The summed E-state index contributed by atoms with van der Waals surface area (Å²) in [6, 6.07) is 4.31. The smallest absolute Gasteiger partial charge is 0.339 e. The van der Waals surface area contributed by atoms with Crippen molar-refractivity contribution >= 4 is 23.3 Å². The third kappa shape index (κ3) is 4.46. The number of ether oxygens (including phenoxy) is 1. The number of carbonyl (C=O) groups excluding carboxylic acids is 2. The second-order valence-corrected chi connectivity index (χ2v) is 6.29. The van der Waals surface area contributed by atoms with Crippen molar-refractivity contribution in [3.05, 3.63) is 33.9 Å². The van der Waals surface area contributed by atoms with E-state index < -0.39 is 17.0 Å². The summed E-state index contributed by atoms with van der Waals surface area (Å²) >= 11 is 0. The highest BCUT2D eigenvalue weighted by molar-refractivity contribution is 5.93. The molecule has 1 saturated heterocycles. The molecule has 0 bridgehead atoms. The zero-order chi connectivity index (χ0) is 18.6. The first-order valence-electron chi connectivity index (χ1n) is 8.26. The Bertz CT molecular complexity index is 668. The Morgan fingerprint density at radius 2 is 1.88 bits per heavy atom. The Hall–Kier alpha value is -2.64. The van der Waals surface area contributed by atoms with Crippen LogP contribution >= 0.6 is 0 Å². The summed E-state index contributed by atoms with van der Waals surface area (Å²) in [7, 11) is 3.12. The molecular formula is C17H23N3O5. The normalized spacial score (nSPS) is 15.4. The summed E-state index contributed by atoms with van der Waals surface area (Å²) in [5.41, 5.74) is 0.451. The number of nitro benzene ring substituents is 1. The summed E-state index contributed by atoms with van der Waals surface area (Å²) in [6.07, 6.45) is 2.14. The summed E-state index contributed by atoms with van der Waals surface area (Å²) in [4.78, 5) is 38.2. The first-order chi connectivity index (χ1) is 11.8. The zero-order valence-electron chi connectivity index (χ0n) is 14.7. The van der Waals surface area contributed by atoms with Gasteiger partial charge in [0.1, 0.15) is 5.69 Å². The Balaban J connectivity index is 2.21. The van der Waals surface area contributed by atoms with E-state index in [1.165, 1.54) is 24.0 Å².